The van der Waals surface area contributed by atoms with Crippen molar-refractivity contribution in [3.8, 4) is 0 Å². The predicted octanol–water partition coefficient (Wildman–Crippen LogP) is 4.88. The fourth-order valence-electron chi connectivity index (χ4n) is 1.24. The van der Waals surface area contributed by atoms with Crippen LogP contribution >= 0.6 is 34.2 Å². The molecule has 0 bridgehead atoms. The van der Waals surface area contributed by atoms with Crippen molar-refractivity contribution in [2.75, 3.05) is 0 Å². The van der Waals surface area contributed by atoms with E-state index in [-0.39, 0.29) is 5.78 Å². The maximum Gasteiger partial charge on any atom is 0.168 e. The lowest BCUT2D eigenvalue weighted by atomic mass is 10.1. The number of hydrogen-bond acceptors (Lipinski definition) is 1. The number of benzene rings is 1. The minimum atomic E-state index is 0.220. The summed E-state index contributed by atoms with van der Waals surface area (Å²) in [6, 6.07) is 7.48. The lowest BCUT2D eigenvalue weighted by Gasteiger charge is -1.99. The Bertz CT molecular complexity index is 381. The van der Waals surface area contributed by atoms with Crippen molar-refractivity contribution in [2.24, 2.45) is 0 Å². The first-order valence-corrected chi connectivity index (χ1v) is 6.75. The lowest BCUT2D eigenvalue weighted by molar-refractivity contribution is -0.114. The Morgan fingerprint density at radius 1 is 1.38 bits per heavy atom. The van der Waals surface area contributed by atoms with E-state index in [9.17, 15) is 4.79 Å². The summed E-state index contributed by atoms with van der Waals surface area (Å²) in [6.07, 6.45) is 4.55. The van der Waals surface area contributed by atoms with Crippen molar-refractivity contribution in [2.45, 2.75) is 26.2 Å². The third-order valence-electron chi connectivity index (χ3n) is 2.19. The summed E-state index contributed by atoms with van der Waals surface area (Å²) in [5, 5.41) is 0.712. The number of carbonyl (C=O) groups excluding carboxylic acids is 1. The number of allylic oxidation sites excluding steroid dienone is 1. The van der Waals surface area contributed by atoms with E-state index in [1.54, 1.807) is 0 Å². The van der Waals surface area contributed by atoms with Gasteiger partial charge in [0.1, 0.15) is 0 Å². The smallest absolute Gasteiger partial charge is 0.168 e. The van der Waals surface area contributed by atoms with Gasteiger partial charge in [0.05, 0.1) is 3.58 Å². The van der Waals surface area contributed by atoms with Crippen LogP contribution in [0.5, 0.6) is 0 Å². The SMILES string of the molecule is CCCCC(=O)/C(I)=C/c1ccc(Cl)cc1. The lowest BCUT2D eigenvalue weighted by Crippen LogP contribution is -1.96. The molecule has 16 heavy (non-hydrogen) atoms. The molecule has 3 heteroatoms. The molecule has 0 N–H and O–H groups in total. The average Bonchev–Trinajstić information content (AvgIpc) is 2.29. The molecule has 0 saturated heterocycles. The Kier molecular flexibility index (Phi) is 6.06. The van der Waals surface area contributed by atoms with Crippen molar-refractivity contribution in [1.29, 1.82) is 0 Å². The Morgan fingerprint density at radius 2 is 2.00 bits per heavy atom. The standard InChI is InChI=1S/C13H14ClIO/c1-2-3-4-13(16)12(15)9-10-5-7-11(14)8-6-10/h5-9H,2-4H2,1H3/b12-9-. The summed E-state index contributed by atoms with van der Waals surface area (Å²) in [7, 11) is 0. The van der Waals surface area contributed by atoms with Crippen molar-refractivity contribution in [1.82, 2.24) is 0 Å². The highest BCUT2D eigenvalue weighted by Crippen LogP contribution is 2.18. The number of ketones is 1. The second-order valence-corrected chi connectivity index (χ2v) is 5.17. The van der Waals surface area contributed by atoms with Gasteiger partial charge in [-0.1, -0.05) is 37.1 Å². The van der Waals surface area contributed by atoms with Gasteiger partial charge in [0.25, 0.3) is 0 Å². The van der Waals surface area contributed by atoms with E-state index in [1.807, 2.05) is 30.3 Å². The summed E-state index contributed by atoms with van der Waals surface area (Å²) in [5.41, 5.74) is 1.01. The first kappa shape index (κ1) is 13.7. The molecule has 0 aliphatic heterocycles. The molecular weight excluding hydrogens is 334 g/mol. The van der Waals surface area contributed by atoms with Gasteiger partial charge in [-0.3, -0.25) is 4.79 Å². The van der Waals surface area contributed by atoms with Gasteiger partial charge in [0, 0.05) is 11.4 Å². The molecule has 0 amide bonds. The van der Waals surface area contributed by atoms with E-state index < -0.39 is 0 Å². The molecule has 0 aromatic heterocycles. The van der Waals surface area contributed by atoms with Gasteiger partial charge >= 0.3 is 0 Å². The molecule has 0 saturated carbocycles. The van der Waals surface area contributed by atoms with Gasteiger partial charge in [-0.15, -0.1) is 0 Å². The Hall–Kier alpha value is -0.350. The number of rotatable bonds is 5. The molecule has 86 valence electrons. The maximum atomic E-state index is 11.7. The summed E-state index contributed by atoms with van der Waals surface area (Å²) >= 11 is 7.89. The fourth-order valence-corrected chi connectivity index (χ4v) is 2.00. The molecule has 0 heterocycles. The van der Waals surface area contributed by atoms with Gasteiger partial charge in [0.2, 0.25) is 0 Å². The van der Waals surface area contributed by atoms with Crippen LogP contribution in [0.4, 0.5) is 0 Å². The van der Waals surface area contributed by atoms with Crippen LogP contribution in [0.25, 0.3) is 6.08 Å². The molecule has 1 aromatic carbocycles. The first-order valence-electron chi connectivity index (χ1n) is 5.29. The molecule has 0 aliphatic carbocycles. The van der Waals surface area contributed by atoms with E-state index in [0.717, 1.165) is 22.0 Å². The van der Waals surface area contributed by atoms with Gasteiger partial charge in [-0.25, -0.2) is 0 Å². The second kappa shape index (κ2) is 7.07. The molecule has 0 aliphatic rings. The highest BCUT2D eigenvalue weighted by molar-refractivity contribution is 14.1. The molecule has 1 rings (SSSR count). The van der Waals surface area contributed by atoms with Crippen LogP contribution in [0.1, 0.15) is 31.7 Å². The summed E-state index contributed by atoms with van der Waals surface area (Å²) in [5.74, 6) is 0.220. The van der Waals surface area contributed by atoms with E-state index in [2.05, 4.69) is 29.5 Å². The van der Waals surface area contributed by atoms with E-state index >= 15 is 0 Å². The number of carbonyl (C=O) groups is 1. The van der Waals surface area contributed by atoms with Crippen molar-refractivity contribution in [3.63, 3.8) is 0 Å². The quantitative estimate of drug-likeness (QED) is 0.548. The van der Waals surface area contributed by atoms with Gasteiger partial charge < -0.3 is 0 Å². The van der Waals surface area contributed by atoms with Crippen molar-refractivity contribution >= 4 is 46.1 Å². The zero-order valence-corrected chi connectivity index (χ0v) is 12.1. The molecule has 0 unspecified atom stereocenters. The van der Waals surface area contributed by atoms with Crippen LogP contribution in [0.2, 0.25) is 5.02 Å². The average molecular weight is 349 g/mol. The fraction of sp³-hybridized carbons (Fsp3) is 0.308. The highest BCUT2D eigenvalue weighted by atomic mass is 127. The zero-order chi connectivity index (χ0) is 12.0. The third kappa shape index (κ3) is 4.66. The first-order chi connectivity index (χ1) is 7.63. The van der Waals surface area contributed by atoms with E-state index in [0.29, 0.717) is 11.4 Å². The van der Waals surface area contributed by atoms with Crippen LogP contribution in [0, 0.1) is 0 Å². The second-order valence-electron chi connectivity index (χ2n) is 3.57. The van der Waals surface area contributed by atoms with Crippen LogP contribution < -0.4 is 0 Å². The maximum absolute atomic E-state index is 11.7. The normalized spacial score (nSPS) is 11.6. The van der Waals surface area contributed by atoms with E-state index in [4.69, 9.17) is 11.6 Å². The molecule has 0 fully saturated rings. The molecule has 1 aromatic rings. The van der Waals surface area contributed by atoms with Crippen molar-refractivity contribution < 1.29 is 4.79 Å². The number of hydrogen-bond donors (Lipinski definition) is 0. The Morgan fingerprint density at radius 3 is 2.56 bits per heavy atom. The summed E-state index contributed by atoms with van der Waals surface area (Å²) < 4.78 is 0.786. The van der Waals surface area contributed by atoms with E-state index in [1.165, 1.54) is 0 Å². The third-order valence-corrected chi connectivity index (χ3v) is 3.35. The van der Waals surface area contributed by atoms with Gasteiger partial charge in [-0.2, -0.15) is 0 Å². The van der Waals surface area contributed by atoms with Crippen LogP contribution in [-0.4, -0.2) is 5.78 Å². The zero-order valence-electron chi connectivity index (χ0n) is 9.17. The molecule has 0 atom stereocenters. The van der Waals surface area contributed by atoms with Crippen LogP contribution in [0.3, 0.4) is 0 Å². The topological polar surface area (TPSA) is 17.1 Å². The minimum absolute atomic E-state index is 0.220. The minimum Gasteiger partial charge on any atom is -0.294 e. The molecule has 0 radical (unpaired) electrons. The van der Waals surface area contributed by atoms with Gasteiger partial charge in [-0.05, 0) is 52.8 Å². The predicted molar refractivity (Wildman–Crippen MR) is 78.0 cm³/mol. The molecule has 0 spiro atoms. The summed E-state index contributed by atoms with van der Waals surface area (Å²) in [4.78, 5) is 11.7. The Balaban J connectivity index is 2.68. The number of Topliss-reactive ketones (excluding diaryl/α,β-unsaturated/α-hetero) is 1. The monoisotopic (exact) mass is 348 g/mol. The van der Waals surface area contributed by atoms with Crippen LogP contribution in [-0.2, 0) is 4.79 Å². The Labute approximate surface area is 115 Å². The largest absolute Gasteiger partial charge is 0.294 e. The van der Waals surface area contributed by atoms with Crippen LogP contribution in [0.15, 0.2) is 27.8 Å². The molecular formula is C13H14ClIO. The number of halogens is 2. The van der Waals surface area contributed by atoms with Gasteiger partial charge in [0.15, 0.2) is 5.78 Å². The summed E-state index contributed by atoms with van der Waals surface area (Å²) in [6.45, 7) is 2.09. The molecule has 1 nitrogen and oxygen atoms in total. The van der Waals surface area contributed by atoms with Crippen molar-refractivity contribution in [3.05, 3.63) is 38.4 Å². The highest BCUT2D eigenvalue weighted by Gasteiger charge is 2.05. The number of unbranched alkanes of at least 4 members (excludes halogenated alkanes) is 1.